The van der Waals surface area contributed by atoms with Gasteiger partial charge in [0, 0.05) is 18.0 Å². The standard InChI is InChI=1S/C18H19N5O2/c1-11-8-12(2)23-10-20-16(17(23)21-11)18(24)22-13-5-6-14(19-9-13)15-4-3-7-25-15/h5-6,8-10,15H,3-4,7H2,1-2H3,(H,22,24). The summed E-state index contributed by atoms with van der Waals surface area (Å²) in [6.45, 7) is 4.64. The second-order valence-electron chi connectivity index (χ2n) is 6.25. The molecule has 0 aromatic carbocycles. The zero-order chi connectivity index (χ0) is 17.4. The van der Waals surface area contributed by atoms with Crippen molar-refractivity contribution < 1.29 is 9.53 Å². The molecule has 0 bridgehead atoms. The van der Waals surface area contributed by atoms with Crippen molar-refractivity contribution in [3.05, 3.63) is 53.5 Å². The van der Waals surface area contributed by atoms with Gasteiger partial charge in [0.15, 0.2) is 11.3 Å². The van der Waals surface area contributed by atoms with Crippen LogP contribution >= 0.6 is 0 Å². The Labute approximate surface area is 145 Å². The van der Waals surface area contributed by atoms with Crippen LogP contribution in [0, 0.1) is 13.8 Å². The Bertz CT molecular complexity index is 927. The molecule has 7 heteroatoms. The zero-order valence-electron chi connectivity index (χ0n) is 14.2. The molecule has 0 spiro atoms. The third-order valence-electron chi connectivity index (χ3n) is 4.34. The van der Waals surface area contributed by atoms with E-state index in [2.05, 4.69) is 20.3 Å². The highest BCUT2D eigenvalue weighted by Crippen LogP contribution is 2.27. The van der Waals surface area contributed by atoms with Crippen LogP contribution in [-0.2, 0) is 4.74 Å². The Hall–Kier alpha value is -2.80. The molecule has 1 fully saturated rings. The number of carbonyl (C=O) groups is 1. The third-order valence-corrected chi connectivity index (χ3v) is 4.34. The van der Waals surface area contributed by atoms with E-state index in [1.165, 1.54) is 0 Å². The molecule has 25 heavy (non-hydrogen) atoms. The van der Waals surface area contributed by atoms with Gasteiger partial charge in [-0.05, 0) is 44.9 Å². The molecule has 1 unspecified atom stereocenters. The summed E-state index contributed by atoms with van der Waals surface area (Å²) in [5.41, 5.74) is 4.21. The average Bonchev–Trinajstić information content (AvgIpc) is 3.25. The molecular weight excluding hydrogens is 318 g/mol. The van der Waals surface area contributed by atoms with Crippen molar-refractivity contribution in [2.45, 2.75) is 32.8 Å². The minimum absolute atomic E-state index is 0.0667. The van der Waals surface area contributed by atoms with Crippen LogP contribution in [0.25, 0.3) is 5.65 Å². The molecule has 3 aromatic heterocycles. The van der Waals surface area contributed by atoms with E-state index in [1.54, 1.807) is 16.9 Å². The molecule has 1 aliphatic heterocycles. The number of hydrogen-bond donors (Lipinski definition) is 1. The molecule has 0 saturated carbocycles. The first-order valence-corrected chi connectivity index (χ1v) is 8.32. The van der Waals surface area contributed by atoms with Gasteiger partial charge < -0.3 is 10.1 Å². The second-order valence-corrected chi connectivity index (χ2v) is 6.25. The summed E-state index contributed by atoms with van der Waals surface area (Å²) in [5.74, 6) is -0.299. The van der Waals surface area contributed by atoms with Gasteiger partial charge in [-0.1, -0.05) is 0 Å². The lowest BCUT2D eigenvalue weighted by atomic mass is 10.1. The lowest BCUT2D eigenvalue weighted by Gasteiger charge is -2.09. The van der Waals surface area contributed by atoms with Crippen LogP contribution in [0.2, 0.25) is 0 Å². The molecular formula is C18H19N5O2. The van der Waals surface area contributed by atoms with E-state index in [0.717, 1.165) is 36.5 Å². The Morgan fingerprint density at radius 2 is 2.20 bits per heavy atom. The number of ether oxygens (including phenoxy) is 1. The second kappa shape index (κ2) is 6.25. The summed E-state index contributed by atoms with van der Waals surface area (Å²) in [6, 6.07) is 5.68. The number of aryl methyl sites for hydroxylation is 2. The van der Waals surface area contributed by atoms with Gasteiger partial charge in [0.05, 0.1) is 23.7 Å². The van der Waals surface area contributed by atoms with Gasteiger partial charge in [-0.2, -0.15) is 0 Å². The van der Waals surface area contributed by atoms with Crippen molar-refractivity contribution in [1.82, 2.24) is 19.4 Å². The summed E-state index contributed by atoms with van der Waals surface area (Å²) < 4.78 is 7.42. The summed E-state index contributed by atoms with van der Waals surface area (Å²) >= 11 is 0. The van der Waals surface area contributed by atoms with Gasteiger partial charge in [-0.25, -0.2) is 9.97 Å². The largest absolute Gasteiger partial charge is 0.372 e. The van der Waals surface area contributed by atoms with Crippen LogP contribution < -0.4 is 5.32 Å². The number of nitrogens with one attached hydrogen (secondary N) is 1. The number of carbonyl (C=O) groups excluding carboxylic acids is 1. The van der Waals surface area contributed by atoms with Crippen molar-refractivity contribution in [3.8, 4) is 0 Å². The SMILES string of the molecule is Cc1cc(C)n2cnc(C(=O)Nc3ccc(C4CCCO4)nc3)c2n1. The zero-order valence-corrected chi connectivity index (χ0v) is 14.2. The normalized spacial score (nSPS) is 17.1. The van der Waals surface area contributed by atoms with E-state index in [4.69, 9.17) is 4.74 Å². The summed E-state index contributed by atoms with van der Waals surface area (Å²) in [7, 11) is 0. The number of fused-ring (bicyclic) bond motifs is 1. The van der Waals surface area contributed by atoms with Gasteiger partial charge in [0.2, 0.25) is 0 Å². The summed E-state index contributed by atoms with van der Waals surface area (Å²) in [5, 5.41) is 2.84. The van der Waals surface area contributed by atoms with Crippen LogP contribution in [0.1, 0.15) is 46.5 Å². The fraction of sp³-hybridized carbons (Fsp3) is 0.333. The molecule has 1 N–H and O–H groups in total. The van der Waals surface area contributed by atoms with Crippen LogP contribution in [0.4, 0.5) is 5.69 Å². The van der Waals surface area contributed by atoms with Gasteiger partial charge in [-0.15, -0.1) is 0 Å². The summed E-state index contributed by atoms with van der Waals surface area (Å²) in [4.78, 5) is 25.6. The van der Waals surface area contributed by atoms with E-state index in [-0.39, 0.29) is 12.0 Å². The average molecular weight is 337 g/mol. The highest BCUT2D eigenvalue weighted by Gasteiger charge is 2.20. The number of nitrogens with zero attached hydrogens (tertiary/aromatic N) is 4. The number of rotatable bonds is 3. The molecule has 1 atom stereocenters. The lowest BCUT2D eigenvalue weighted by molar-refractivity contribution is 0.102. The predicted molar refractivity (Wildman–Crippen MR) is 92.6 cm³/mol. The molecule has 128 valence electrons. The number of anilines is 1. The van der Waals surface area contributed by atoms with Crippen LogP contribution in [0.15, 0.2) is 30.7 Å². The predicted octanol–water partition coefficient (Wildman–Crippen LogP) is 2.84. The Morgan fingerprint density at radius 3 is 2.92 bits per heavy atom. The van der Waals surface area contributed by atoms with E-state index in [1.807, 2.05) is 32.0 Å². The van der Waals surface area contributed by atoms with Gasteiger partial charge >= 0.3 is 0 Å². The Balaban J connectivity index is 1.56. The van der Waals surface area contributed by atoms with Gasteiger partial charge in [-0.3, -0.25) is 14.2 Å². The highest BCUT2D eigenvalue weighted by molar-refractivity contribution is 6.06. The first-order chi connectivity index (χ1) is 12.1. The fourth-order valence-corrected chi connectivity index (χ4v) is 3.11. The van der Waals surface area contributed by atoms with Crippen molar-refractivity contribution in [1.29, 1.82) is 0 Å². The molecule has 4 heterocycles. The van der Waals surface area contributed by atoms with Crippen molar-refractivity contribution in [3.63, 3.8) is 0 Å². The van der Waals surface area contributed by atoms with Crippen molar-refractivity contribution >= 4 is 17.2 Å². The van der Waals surface area contributed by atoms with Crippen LogP contribution in [0.5, 0.6) is 0 Å². The molecule has 7 nitrogen and oxygen atoms in total. The molecule has 1 amide bonds. The first kappa shape index (κ1) is 15.7. The monoisotopic (exact) mass is 337 g/mol. The number of amides is 1. The molecule has 1 saturated heterocycles. The third kappa shape index (κ3) is 2.98. The van der Waals surface area contributed by atoms with E-state index in [0.29, 0.717) is 17.0 Å². The van der Waals surface area contributed by atoms with E-state index >= 15 is 0 Å². The maximum absolute atomic E-state index is 12.6. The van der Waals surface area contributed by atoms with E-state index in [9.17, 15) is 4.79 Å². The number of aromatic nitrogens is 4. The molecule has 3 aromatic rings. The number of imidazole rings is 1. The minimum Gasteiger partial charge on any atom is -0.372 e. The minimum atomic E-state index is -0.299. The van der Waals surface area contributed by atoms with Gasteiger partial charge in [0.1, 0.15) is 6.33 Å². The number of pyridine rings is 1. The van der Waals surface area contributed by atoms with Crippen molar-refractivity contribution in [2.75, 3.05) is 11.9 Å². The molecule has 0 aliphatic carbocycles. The fourth-order valence-electron chi connectivity index (χ4n) is 3.11. The lowest BCUT2D eigenvalue weighted by Crippen LogP contribution is -2.14. The number of hydrogen-bond acceptors (Lipinski definition) is 5. The van der Waals surface area contributed by atoms with Crippen LogP contribution in [-0.4, -0.2) is 31.9 Å². The quantitative estimate of drug-likeness (QED) is 0.795. The summed E-state index contributed by atoms with van der Waals surface area (Å²) in [6.07, 6.45) is 5.38. The van der Waals surface area contributed by atoms with Crippen molar-refractivity contribution in [2.24, 2.45) is 0 Å². The Morgan fingerprint density at radius 1 is 1.32 bits per heavy atom. The molecule has 4 rings (SSSR count). The van der Waals surface area contributed by atoms with Crippen LogP contribution in [0.3, 0.4) is 0 Å². The van der Waals surface area contributed by atoms with Gasteiger partial charge in [0.25, 0.3) is 5.91 Å². The maximum atomic E-state index is 12.6. The van der Waals surface area contributed by atoms with E-state index < -0.39 is 0 Å². The highest BCUT2D eigenvalue weighted by atomic mass is 16.5. The molecule has 1 aliphatic rings. The molecule has 0 radical (unpaired) electrons. The first-order valence-electron chi connectivity index (χ1n) is 8.32. The smallest absolute Gasteiger partial charge is 0.278 e. The maximum Gasteiger partial charge on any atom is 0.278 e. The topological polar surface area (TPSA) is 81.4 Å². The Kier molecular flexibility index (Phi) is 3.93.